The average molecular weight is 629 g/mol. The van der Waals surface area contributed by atoms with Gasteiger partial charge in [-0.25, -0.2) is 8.78 Å². The van der Waals surface area contributed by atoms with E-state index in [2.05, 4.69) is 16.0 Å². The molecule has 6 rings (SSSR count). The molecule has 43 heavy (non-hydrogen) atoms. The Kier molecular flexibility index (Phi) is 11.0. The molecule has 2 heterocycles. The predicted octanol–water partition coefficient (Wildman–Crippen LogP) is 6.88. The van der Waals surface area contributed by atoms with Gasteiger partial charge in [0.2, 0.25) is 0 Å². The fraction of sp³-hybridized carbons (Fsp3) is 0.242. The molecule has 2 aliphatic heterocycles. The number of anilines is 1. The van der Waals surface area contributed by atoms with Gasteiger partial charge < -0.3 is 25.4 Å². The molecule has 0 unspecified atom stereocenters. The van der Waals surface area contributed by atoms with Crippen LogP contribution in [0, 0.1) is 11.6 Å². The van der Waals surface area contributed by atoms with Gasteiger partial charge in [0.15, 0.2) is 0 Å². The van der Waals surface area contributed by atoms with Crippen molar-refractivity contribution in [1.82, 2.24) is 10.6 Å². The first-order valence-corrected chi connectivity index (χ1v) is 13.9. The Labute approximate surface area is 262 Å². The van der Waals surface area contributed by atoms with Crippen LogP contribution in [0.1, 0.15) is 23.2 Å². The van der Waals surface area contributed by atoms with Gasteiger partial charge in [0.1, 0.15) is 35.3 Å². The highest BCUT2D eigenvalue weighted by molar-refractivity contribution is 6.05. The lowest BCUT2D eigenvalue weighted by Gasteiger charge is -2.19. The normalized spacial score (nSPS) is 17.4. The highest BCUT2D eigenvalue weighted by Gasteiger charge is 2.21. The summed E-state index contributed by atoms with van der Waals surface area (Å²) in [6.07, 6.45) is 1.85. The van der Waals surface area contributed by atoms with E-state index in [-0.39, 0.29) is 54.6 Å². The summed E-state index contributed by atoms with van der Waals surface area (Å²) in [6.45, 7) is 3.29. The number of hydrogen-bond acceptors (Lipinski definition) is 5. The van der Waals surface area contributed by atoms with E-state index < -0.39 is 0 Å². The third kappa shape index (κ3) is 7.83. The summed E-state index contributed by atoms with van der Waals surface area (Å²) < 4.78 is 39.8. The van der Waals surface area contributed by atoms with E-state index in [9.17, 15) is 13.6 Å². The lowest BCUT2D eigenvalue weighted by molar-refractivity contribution is 0.102. The van der Waals surface area contributed by atoms with E-state index in [1.54, 1.807) is 48.5 Å². The van der Waals surface area contributed by atoms with Crippen molar-refractivity contribution in [2.75, 3.05) is 31.5 Å². The van der Waals surface area contributed by atoms with Crippen LogP contribution in [0.2, 0.25) is 0 Å². The lowest BCUT2D eigenvalue weighted by atomic mass is 10.0. The Balaban J connectivity index is 0.00000212. The second-order valence-electron chi connectivity index (χ2n) is 10.4. The molecule has 1 amide bonds. The number of ether oxygens (including phenoxy) is 2. The summed E-state index contributed by atoms with van der Waals surface area (Å²) in [4.78, 5) is 13.5. The van der Waals surface area contributed by atoms with Crippen LogP contribution >= 0.6 is 24.8 Å². The molecule has 0 aromatic heterocycles. The zero-order valence-electron chi connectivity index (χ0n) is 23.3. The number of benzene rings is 4. The Hall–Kier alpha value is -3.69. The second-order valence-corrected chi connectivity index (χ2v) is 10.4. The van der Waals surface area contributed by atoms with Crippen LogP contribution in [0.4, 0.5) is 14.5 Å². The summed E-state index contributed by atoms with van der Waals surface area (Å²) in [6, 6.07) is 23.1. The quantitative estimate of drug-likeness (QED) is 0.199. The van der Waals surface area contributed by atoms with Crippen LogP contribution in [0.5, 0.6) is 11.5 Å². The summed E-state index contributed by atoms with van der Waals surface area (Å²) in [5, 5.41) is 9.57. The Morgan fingerprint density at radius 1 is 0.674 bits per heavy atom. The molecule has 4 aromatic rings. The van der Waals surface area contributed by atoms with Crippen molar-refractivity contribution >= 4 is 36.4 Å². The molecule has 0 bridgehead atoms. The van der Waals surface area contributed by atoms with E-state index >= 15 is 0 Å². The largest absolute Gasteiger partial charge is 0.488 e. The van der Waals surface area contributed by atoms with Crippen molar-refractivity contribution in [3.05, 3.63) is 102 Å². The Bertz CT molecular complexity index is 1530. The maximum Gasteiger partial charge on any atom is 0.255 e. The molecular formula is C33H33Cl2F2N3O3. The highest BCUT2D eigenvalue weighted by Crippen LogP contribution is 2.36. The molecule has 0 aliphatic carbocycles. The first-order chi connectivity index (χ1) is 20.0. The third-order valence-electron chi connectivity index (χ3n) is 7.41. The zero-order valence-corrected chi connectivity index (χ0v) is 24.9. The summed E-state index contributed by atoms with van der Waals surface area (Å²) in [5.74, 6) is 0.349. The average Bonchev–Trinajstić information content (AvgIpc) is 3.70. The summed E-state index contributed by atoms with van der Waals surface area (Å²) >= 11 is 0. The molecule has 6 nitrogen and oxygen atoms in total. The molecule has 2 aliphatic rings. The molecule has 10 heteroatoms. The number of nitrogens with one attached hydrogen (secondary N) is 3. The molecule has 4 aromatic carbocycles. The van der Waals surface area contributed by atoms with Gasteiger partial charge in [0.25, 0.3) is 5.91 Å². The Morgan fingerprint density at radius 2 is 1.16 bits per heavy atom. The highest BCUT2D eigenvalue weighted by atomic mass is 35.5. The lowest BCUT2D eigenvalue weighted by Crippen LogP contribution is -2.20. The van der Waals surface area contributed by atoms with Gasteiger partial charge in [0.05, 0.1) is 0 Å². The number of hydrogen-bond donors (Lipinski definition) is 3. The molecule has 2 saturated heterocycles. The minimum atomic E-state index is -0.335. The molecule has 3 N–H and O–H groups in total. The number of carbonyl (C=O) groups is 1. The molecule has 226 valence electrons. The van der Waals surface area contributed by atoms with E-state index in [1.165, 1.54) is 24.3 Å². The zero-order chi connectivity index (χ0) is 28.2. The van der Waals surface area contributed by atoms with E-state index in [0.717, 1.165) is 55.7 Å². The summed E-state index contributed by atoms with van der Waals surface area (Å²) in [5.41, 5.74) is 4.02. The number of carbonyl (C=O) groups excluding carboxylic acids is 1. The van der Waals surface area contributed by atoms with Crippen molar-refractivity contribution in [2.24, 2.45) is 0 Å². The molecule has 0 saturated carbocycles. The fourth-order valence-corrected chi connectivity index (χ4v) is 5.21. The van der Waals surface area contributed by atoms with E-state index in [1.807, 2.05) is 12.1 Å². The third-order valence-corrected chi connectivity index (χ3v) is 7.41. The number of halogens is 4. The maximum atomic E-state index is 13.7. The molecule has 0 spiro atoms. The van der Waals surface area contributed by atoms with Crippen LogP contribution in [-0.4, -0.2) is 44.3 Å². The van der Waals surface area contributed by atoms with Gasteiger partial charge in [-0.3, -0.25) is 4.79 Å². The van der Waals surface area contributed by atoms with Crippen LogP contribution < -0.4 is 25.4 Å². The van der Waals surface area contributed by atoms with Gasteiger partial charge in [-0.05, 0) is 97.7 Å². The van der Waals surface area contributed by atoms with Crippen molar-refractivity contribution < 1.29 is 23.0 Å². The van der Waals surface area contributed by atoms with Gasteiger partial charge in [-0.2, -0.15) is 0 Å². The minimum Gasteiger partial charge on any atom is -0.488 e. The van der Waals surface area contributed by atoms with Crippen LogP contribution in [-0.2, 0) is 0 Å². The molecule has 0 radical (unpaired) electrons. The molecule has 2 fully saturated rings. The van der Waals surface area contributed by atoms with Crippen molar-refractivity contribution in [3.8, 4) is 33.8 Å². The fourth-order valence-electron chi connectivity index (χ4n) is 5.21. The maximum absolute atomic E-state index is 13.7. The van der Waals surface area contributed by atoms with Crippen LogP contribution in [0.15, 0.2) is 84.9 Å². The molecular weight excluding hydrogens is 595 g/mol. The van der Waals surface area contributed by atoms with Crippen LogP contribution in [0.25, 0.3) is 22.3 Å². The SMILES string of the molecule is Cl.Cl.O=C(Nc1ccc(O[C@H]2CCNC2)c(-c2ccc(F)cc2)c1)c1ccc(O[C@H]2CCNC2)c(-c2ccc(F)cc2)c1. The monoisotopic (exact) mass is 627 g/mol. The van der Waals surface area contributed by atoms with Crippen molar-refractivity contribution in [1.29, 1.82) is 0 Å². The van der Waals surface area contributed by atoms with Gasteiger partial charge in [-0.15, -0.1) is 24.8 Å². The number of rotatable bonds is 8. The first kappa shape index (κ1) is 32.2. The van der Waals surface area contributed by atoms with E-state index in [0.29, 0.717) is 28.3 Å². The Morgan fingerprint density at radius 3 is 1.65 bits per heavy atom. The topological polar surface area (TPSA) is 71.6 Å². The standard InChI is InChI=1S/C33H31F2N3O3.2ClH/c34-24-6-1-21(2-7-24)29-17-23(5-11-31(29)40-27-13-15-36-19-27)33(39)38-26-10-12-32(41-28-14-16-37-20-28)30(18-26)22-3-8-25(35)9-4-22;;/h1-12,17-18,27-28,36-37H,13-16,19-20H2,(H,38,39);2*1H/t27-,28-;;/m0../s1. The smallest absolute Gasteiger partial charge is 0.255 e. The number of amides is 1. The van der Waals surface area contributed by atoms with Crippen LogP contribution in [0.3, 0.4) is 0 Å². The second kappa shape index (κ2) is 14.7. The van der Waals surface area contributed by atoms with Gasteiger partial charge in [-0.1, -0.05) is 24.3 Å². The minimum absolute atomic E-state index is 0. The van der Waals surface area contributed by atoms with Crippen molar-refractivity contribution in [2.45, 2.75) is 25.0 Å². The molecule has 2 atom stereocenters. The first-order valence-electron chi connectivity index (χ1n) is 13.9. The van der Waals surface area contributed by atoms with Crippen molar-refractivity contribution in [3.63, 3.8) is 0 Å². The summed E-state index contributed by atoms with van der Waals surface area (Å²) in [7, 11) is 0. The van der Waals surface area contributed by atoms with Gasteiger partial charge in [0, 0.05) is 35.5 Å². The van der Waals surface area contributed by atoms with E-state index in [4.69, 9.17) is 9.47 Å². The predicted molar refractivity (Wildman–Crippen MR) is 170 cm³/mol. The van der Waals surface area contributed by atoms with Gasteiger partial charge >= 0.3 is 0 Å².